The number of nitrogens with one attached hydrogen (secondary N) is 1. The van der Waals surface area contributed by atoms with Crippen molar-refractivity contribution in [1.29, 1.82) is 0 Å². The summed E-state index contributed by atoms with van der Waals surface area (Å²) in [6.07, 6.45) is 2.58. The van der Waals surface area contributed by atoms with Crippen molar-refractivity contribution in [2.24, 2.45) is 13.0 Å². The molecule has 6 nitrogen and oxygen atoms in total. The molecule has 0 spiro atoms. The van der Waals surface area contributed by atoms with Gasteiger partial charge in [-0.1, -0.05) is 13.8 Å². The summed E-state index contributed by atoms with van der Waals surface area (Å²) in [5, 5.41) is 3.26. The Bertz CT molecular complexity index is 440. The van der Waals surface area contributed by atoms with E-state index >= 15 is 0 Å². The van der Waals surface area contributed by atoms with Gasteiger partial charge >= 0.3 is 5.97 Å². The molecule has 114 valence electrons. The monoisotopic (exact) mass is 282 g/mol. The summed E-state index contributed by atoms with van der Waals surface area (Å²) < 4.78 is 6.85. The van der Waals surface area contributed by atoms with E-state index in [0.717, 1.165) is 18.1 Å². The number of anilines is 1. The van der Waals surface area contributed by atoms with Crippen molar-refractivity contribution in [3.63, 3.8) is 0 Å². The van der Waals surface area contributed by atoms with Crippen LogP contribution in [0.5, 0.6) is 0 Å². The van der Waals surface area contributed by atoms with Gasteiger partial charge in [-0.3, -0.25) is 10.1 Å². The molecule has 0 amide bonds. The normalized spacial score (nSPS) is 12.6. The van der Waals surface area contributed by atoms with E-state index in [2.05, 4.69) is 24.1 Å². The lowest BCUT2D eigenvalue weighted by Gasteiger charge is -2.19. The SMILES string of the molecule is COC(=O)C(CC(C)C)NCc1cnc(N(C)C)n1C. The first-order chi connectivity index (χ1) is 9.36. The molecule has 6 heteroatoms. The molecule has 1 heterocycles. The highest BCUT2D eigenvalue weighted by Gasteiger charge is 2.20. The van der Waals surface area contributed by atoms with Gasteiger partial charge in [-0.2, -0.15) is 0 Å². The Morgan fingerprint density at radius 2 is 2.15 bits per heavy atom. The third-order valence-electron chi connectivity index (χ3n) is 3.18. The maximum Gasteiger partial charge on any atom is 0.322 e. The molecule has 0 saturated carbocycles. The number of hydrogen-bond acceptors (Lipinski definition) is 5. The molecule has 1 N–H and O–H groups in total. The number of carbonyl (C=O) groups is 1. The van der Waals surface area contributed by atoms with Crippen LogP contribution in [0.3, 0.4) is 0 Å². The van der Waals surface area contributed by atoms with Gasteiger partial charge in [0.2, 0.25) is 5.95 Å². The van der Waals surface area contributed by atoms with Crippen LogP contribution in [-0.4, -0.2) is 42.8 Å². The lowest BCUT2D eigenvalue weighted by atomic mass is 10.0. The van der Waals surface area contributed by atoms with Gasteiger partial charge < -0.3 is 14.2 Å². The number of carbonyl (C=O) groups excluding carboxylic acids is 1. The first-order valence-corrected chi connectivity index (χ1v) is 6.86. The van der Waals surface area contributed by atoms with Crippen LogP contribution in [0.15, 0.2) is 6.20 Å². The van der Waals surface area contributed by atoms with Gasteiger partial charge in [-0.05, 0) is 12.3 Å². The van der Waals surface area contributed by atoms with Crippen molar-refractivity contribution in [3.05, 3.63) is 11.9 Å². The van der Waals surface area contributed by atoms with Crippen LogP contribution in [0.4, 0.5) is 5.95 Å². The van der Waals surface area contributed by atoms with Crippen LogP contribution < -0.4 is 10.2 Å². The number of aromatic nitrogens is 2. The Labute approximate surface area is 121 Å². The highest BCUT2D eigenvalue weighted by molar-refractivity contribution is 5.75. The standard InChI is InChI=1S/C14H26N4O2/c1-10(2)7-12(13(19)20-6)15-8-11-9-16-14(17(3)4)18(11)5/h9-10,12,15H,7-8H2,1-6H3. The lowest BCUT2D eigenvalue weighted by molar-refractivity contribution is -0.143. The molecule has 0 aliphatic rings. The Morgan fingerprint density at radius 3 is 2.60 bits per heavy atom. The highest BCUT2D eigenvalue weighted by Crippen LogP contribution is 2.12. The van der Waals surface area contributed by atoms with Crippen LogP contribution in [0.1, 0.15) is 26.0 Å². The summed E-state index contributed by atoms with van der Waals surface area (Å²) >= 11 is 0. The van der Waals surface area contributed by atoms with E-state index in [-0.39, 0.29) is 12.0 Å². The fourth-order valence-corrected chi connectivity index (χ4v) is 2.12. The summed E-state index contributed by atoms with van der Waals surface area (Å²) in [6.45, 7) is 4.77. The quantitative estimate of drug-likeness (QED) is 0.761. The van der Waals surface area contributed by atoms with Crippen LogP contribution in [-0.2, 0) is 23.1 Å². The van der Waals surface area contributed by atoms with Crippen molar-refractivity contribution < 1.29 is 9.53 Å². The van der Waals surface area contributed by atoms with E-state index in [4.69, 9.17) is 4.74 Å². The smallest absolute Gasteiger partial charge is 0.322 e. The average molecular weight is 282 g/mol. The fraction of sp³-hybridized carbons (Fsp3) is 0.714. The predicted octanol–water partition coefficient (Wildman–Crippen LogP) is 1.16. The molecule has 1 unspecified atom stereocenters. The number of imidazole rings is 1. The van der Waals surface area contributed by atoms with Crippen molar-refractivity contribution in [2.45, 2.75) is 32.9 Å². The molecule has 0 aromatic carbocycles. The second-order valence-electron chi connectivity index (χ2n) is 5.59. The van der Waals surface area contributed by atoms with Crippen molar-refractivity contribution in [3.8, 4) is 0 Å². The second kappa shape index (κ2) is 7.28. The molecule has 1 aromatic rings. The minimum Gasteiger partial charge on any atom is -0.468 e. The number of ether oxygens (including phenoxy) is 1. The van der Waals surface area contributed by atoms with E-state index in [1.807, 2.05) is 36.8 Å². The topological polar surface area (TPSA) is 59.4 Å². The third-order valence-corrected chi connectivity index (χ3v) is 3.18. The van der Waals surface area contributed by atoms with Gasteiger partial charge in [0.15, 0.2) is 0 Å². The van der Waals surface area contributed by atoms with Gasteiger partial charge in [-0.25, -0.2) is 4.98 Å². The minimum absolute atomic E-state index is 0.214. The lowest BCUT2D eigenvalue weighted by Crippen LogP contribution is -2.38. The van der Waals surface area contributed by atoms with Gasteiger partial charge in [-0.15, -0.1) is 0 Å². The van der Waals surface area contributed by atoms with E-state index in [1.165, 1.54) is 7.11 Å². The van der Waals surface area contributed by atoms with Crippen LogP contribution in [0, 0.1) is 5.92 Å². The first-order valence-electron chi connectivity index (χ1n) is 6.86. The van der Waals surface area contributed by atoms with E-state index in [9.17, 15) is 4.79 Å². The molecule has 1 atom stereocenters. The zero-order chi connectivity index (χ0) is 15.3. The van der Waals surface area contributed by atoms with Crippen LogP contribution >= 0.6 is 0 Å². The molecular formula is C14H26N4O2. The molecule has 0 aliphatic carbocycles. The summed E-state index contributed by atoms with van der Waals surface area (Å²) in [4.78, 5) is 18.1. The Hall–Kier alpha value is -1.56. The maximum atomic E-state index is 11.8. The molecule has 0 fully saturated rings. The zero-order valence-corrected chi connectivity index (χ0v) is 13.3. The minimum atomic E-state index is -0.280. The third kappa shape index (κ3) is 4.23. The summed E-state index contributed by atoms with van der Waals surface area (Å²) in [5.74, 6) is 1.10. The molecule has 20 heavy (non-hydrogen) atoms. The predicted molar refractivity (Wildman–Crippen MR) is 79.6 cm³/mol. The molecular weight excluding hydrogens is 256 g/mol. The molecule has 0 bridgehead atoms. The average Bonchev–Trinajstić information content (AvgIpc) is 2.74. The van der Waals surface area contributed by atoms with E-state index in [1.54, 1.807) is 0 Å². The largest absolute Gasteiger partial charge is 0.468 e. The first kappa shape index (κ1) is 16.5. The van der Waals surface area contributed by atoms with Gasteiger partial charge in [0, 0.05) is 27.7 Å². The molecule has 0 saturated heterocycles. The fourth-order valence-electron chi connectivity index (χ4n) is 2.12. The number of rotatable bonds is 7. The number of methoxy groups -OCH3 is 1. The molecule has 0 radical (unpaired) electrons. The zero-order valence-electron chi connectivity index (χ0n) is 13.3. The Kier molecular flexibility index (Phi) is 6.01. The summed E-state index contributed by atoms with van der Waals surface area (Å²) in [7, 11) is 7.30. The van der Waals surface area contributed by atoms with Crippen LogP contribution in [0.2, 0.25) is 0 Å². The van der Waals surface area contributed by atoms with Gasteiger partial charge in [0.05, 0.1) is 19.0 Å². The van der Waals surface area contributed by atoms with Crippen molar-refractivity contribution in [1.82, 2.24) is 14.9 Å². The van der Waals surface area contributed by atoms with Gasteiger partial charge in [0.25, 0.3) is 0 Å². The Morgan fingerprint density at radius 1 is 1.50 bits per heavy atom. The molecule has 1 rings (SSSR count). The van der Waals surface area contributed by atoms with Crippen molar-refractivity contribution >= 4 is 11.9 Å². The second-order valence-corrected chi connectivity index (χ2v) is 5.59. The summed E-state index contributed by atoms with van der Waals surface area (Å²) in [6, 6.07) is -0.280. The van der Waals surface area contributed by atoms with Crippen LogP contribution in [0.25, 0.3) is 0 Å². The number of hydrogen-bond donors (Lipinski definition) is 1. The van der Waals surface area contributed by atoms with E-state index < -0.39 is 0 Å². The van der Waals surface area contributed by atoms with E-state index in [0.29, 0.717) is 12.5 Å². The Balaban J connectivity index is 2.70. The molecule has 1 aromatic heterocycles. The summed E-state index contributed by atoms with van der Waals surface area (Å²) in [5.41, 5.74) is 1.03. The van der Waals surface area contributed by atoms with Gasteiger partial charge in [0.1, 0.15) is 6.04 Å². The highest BCUT2D eigenvalue weighted by atomic mass is 16.5. The van der Waals surface area contributed by atoms with Crippen molar-refractivity contribution in [2.75, 3.05) is 26.1 Å². The maximum absolute atomic E-state index is 11.8. The number of nitrogens with zero attached hydrogens (tertiary/aromatic N) is 3. The molecule has 0 aliphatic heterocycles. The number of esters is 1.